The molecule has 0 radical (unpaired) electrons. The summed E-state index contributed by atoms with van der Waals surface area (Å²) in [4.78, 5) is 14.9. The number of carbonyl (C=O) groups excluding carboxylic acids is 1. The predicted octanol–water partition coefficient (Wildman–Crippen LogP) is 4.98. The van der Waals surface area contributed by atoms with E-state index in [0.29, 0.717) is 16.8 Å². The number of nitrogens with zero attached hydrogens (tertiary/aromatic N) is 1. The summed E-state index contributed by atoms with van der Waals surface area (Å²) in [7, 11) is -0.918. The molecule has 2 saturated heterocycles. The van der Waals surface area contributed by atoms with Crippen LogP contribution in [0.3, 0.4) is 0 Å². The van der Waals surface area contributed by atoms with Crippen molar-refractivity contribution in [3.05, 3.63) is 58.4 Å². The fraction of sp³-hybridized carbons (Fsp3) is 0.552. The second-order valence-electron chi connectivity index (χ2n) is 12.7. The van der Waals surface area contributed by atoms with Crippen LogP contribution in [0.1, 0.15) is 66.0 Å². The van der Waals surface area contributed by atoms with Gasteiger partial charge >= 0.3 is 13.2 Å². The molecule has 0 bridgehead atoms. The summed E-state index contributed by atoms with van der Waals surface area (Å²) in [5.41, 5.74) is -1.40. The fourth-order valence-corrected chi connectivity index (χ4v) is 5.93. The lowest BCUT2D eigenvalue weighted by molar-refractivity contribution is -0.0216. The highest BCUT2D eigenvalue weighted by Crippen LogP contribution is 2.49. The van der Waals surface area contributed by atoms with Crippen molar-refractivity contribution < 1.29 is 33.1 Å². The van der Waals surface area contributed by atoms with Crippen LogP contribution < -0.4 is 10.2 Å². The Morgan fingerprint density at radius 2 is 1.77 bits per heavy atom. The number of hydrogen-bond donors (Lipinski definition) is 1. The van der Waals surface area contributed by atoms with E-state index in [-0.39, 0.29) is 24.4 Å². The van der Waals surface area contributed by atoms with Crippen molar-refractivity contribution >= 4 is 30.3 Å². The Kier molecular flexibility index (Phi) is 6.78. The lowest BCUT2D eigenvalue weighted by Gasteiger charge is -2.40. The number of aliphatic hydroxyl groups excluding tert-OH is 1. The highest BCUT2D eigenvalue weighted by Gasteiger charge is 2.58. The number of benzene rings is 2. The lowest BCUT2D eigenvalue weighted by Crippen LogP contribution is -2.53. The van der Waals surface area contributed by atoms with Gasteiger partial charge in [0.1, 0.15) is 17.2 Å². The van der Waals surface area contributed by atoms with E-state index in [1.807, 2.05) is 58.0 Å². The minimum absolute atomic E-state index is 0.0878. The smallest absolute Gasteiger partial charge is 0.480 e. The number of amides is 1. The third-order valence-electron chi connectivity index (χ3n) is 8.25. The van der Waals surface area contributed by atoms with Crippen molar-refractivity contribution in [3.8, 4) is 5.75 Å². The maximum Gasteiger partial charge on any atom is 0.496 e. The van der Waals surface area contributed by atoms with Gasteiger partial charge in [-0.15, -0.1) is 0 Å². The Morgan fingerprint density at radius 1 is 1.15 bits per heavy atom. The fourth-order valence-electron chi connectivity index (χ4n) is 5.67. The van der Waals surface area contributed by atoms with Gasteiger partial charge in [-0.25, -0.2) is 9.18 Å². The van der Waals surface area contributed by atoms with Crippen LogP contribution in [0.5, 0.6) is 5.75 Å². The van der Waals surface area contributed by atoms with Crippen LogP contribution in [-0.4, -0.2) is 58.7 Å². The van der Waals surface area contributed by atoms with Crippen LogP contribution in [-0.2, 0) is 26.1 Å². The van der Waals surface area contributed by atoms with E-state index < -0.39 is 53.6 Å². The molecule has 1 amide bonds. The molecule has 3 aliphatic heterocycles. The molecule has 5 rings (SSSR count). The zero-order valence-corrected chi connectivity index (χ0v) is 24.3. The van der Waals surface area contributed by atoms with Gasteiger partial charge in [-0.05, 0) is 60.5 Å². The van der Waals surface area contributed by atoms with Crippen LogP contribution in [0.4, 0.5) is 9.18 Å². The van der Waals surface area contributed by atoms with Crippen LogP contribution >= 0.6 is 11.6 Å². The second-order valence-corrected chi connectivity index (χ2v) is 13.1. The van der Waals surface area contributed by atoms with E-state index in [4.69, 9.17) is 30.4 Å². The highest BCUT2D eigenvalue weighted by atomic mass is 35.5. The summed E-state index contributed by atoms with van der Waals surface area (Å²) >= 11 is 6.60. The van der Waals surface area contributed by atoms with Crippen molar-refractivity contribution in [2.75, 3.05) is 6.54 Å². The van der Waals surface area contributed by atoms with Gasteiger partial charge in [0.05, 0.1) is 34.9 Å². The Morgan fingerprint density at radius 3 is 2.36 bits per heavy atom. The molecule has 3 unspecified atom stereocenters. The molecule has 0 aromatic heterocycles. The molecule has 2 aromatic rings. The number of carbonyl (C=O) groups is 1. The third kappa shape index (κ3) is 4.81. The second kappa shape index (κ2) is 9.37. The number of halogens is 2. The van der Waals surface area contributed by atoms with Crippen molar-refractivity contribution in [2.24, 2.45) is 0 Å². The van der Waals surface area contributed by atoms with E-state index >= 15 is 4.39 Å². The van der Waals surface area contributed by atoms with E-state index in [9.17, 15) is 9.90 Å². The molecule has 2 aromatic carbocycles. The van der Waals surface area contributed by atoms with E-state index in [1.165, 1.54) is 11.0 Å². The average molecular weight is 560 g/mol. The monoisotopic (exact) mass is 559 g/mol. The molecule has 0 spiro atoms. The van der Waals surface area contributed by atoms with Crippen molar-refractivity contribution in [3.63, 3.8) is 0 Å². The van der Waals surface area contributed by atoms with Gasteiger partial charge in [-0.1, -0.05) is 41.9 Å². The van der Waals surface area contributed by atoms with Gasteiger partial charge in [0.15, 0.2) is 5.60 Å². The number of ether oxygens (including phenoxy) is 2. The third-order valence-corrected chi connectivity index (χ3v) is 8.64. The Balaban J connectivity index is 1.63. The van der Waals surface area contributed by atoms with Crippen molar-refractivity contribution in [2.45, 2.75) is 95.9 Å². The molecule has 1 N–H and O–H groups in total. The summed E-state index contributed by atoms with van der Waals surface area (Å²) in [6.07, 6.45) is -0.820. The number of aliphatic hydroxyl groups is 1. The summed E-state index contributed by atoms with van der Waals surface area (Å²) in [5.74, 6) is -0.351. The number of rotatable bonds is 3. The molecule has 39 heavy (non-hydrogen) atoms. The molecule has 3 atom stereocenters. The predicted molar refractivity (Wildman–Crippen MR) is 147 cm³/mol. The van der Waals surface area contributed by atoms with Crippen molar-refractivity contribution in [1.29, 1.82) is 0 Å². The summed E-state index contributed by atoms with van der Waals surface area (Å²) in [6.45, 7) is 13.2. The SMILES string of the molecule is CC(C)(C)OC(=O)N1CC(O)CC1C1(c2ccccc2)Cc2c(cc(F)c(Cl)c2B2OC(C)(C)C(C)(C)O2)O1. The van der Waals surface area contributed by atoms with E-state index in [0.717, 1.165) is 5.56 Å². The van der Waals surface area contributed by atoms with E-state index in [1.54, 1.807) is 20.8 Å². The van der Waals surface area contributed by atoms with Crippen LogP contribution in [0.15, 0.2) is 36.4 Å². The molecular formula is C29H36BClFNO6. The highest BCUT2D eigenvalue weighted by molar-refractivity contribution is 6.66. The summed E-state index contributed by atoms with van der Waals surface area (Å²) < 4.78 is 40.3. The van der Waals surface area contributed by atoms with Gasteiger partial charge in [0, 0.05) is 23.5 Å². The number of hydrogen-bond acceptors (Lipinski definition) is 6. The number of likely N-dealkylation sites (tertiary alicyclic amines) is 1. The molecule has 10 heteroatoms. The molecule has 0 aliphatic carbocycles. The van der Waals surface area contributed by atoms with Crippen LogP contribution in [0, 0.1) is 5.82 Å². The maximum atomic E-state index is 15.3. The van der Waals surface area contributed by atoms with Gasteiger partial charge in [0.25, 0.3) is 0 Å². The lowest BCUT2D eigenvalue weighted by atomic mass is 9.72. The summed E-state index contributed by atoms with van der Waals surface area (Å²) in [5, 5.41) is 10.7. The van der Waals surface area contributed by atoms with Crippen LogP contribution in [0.25, 0.3) is 0 Å². The number of β-amino-alcohol motifs (C(OH)–C–C–N with tert-alkyl or cyclic N) is 1. The minimum atomic E-state index is -1.15. The maximum absolute atomic E-state index is 15.3. The Hall–Kier alpha value is -2.33. The first-order chi connectivity index (χ1) is 18.0. The standard InChI is InChI=1S/C29H36BClFNO6/c1-26(2,3)37-25(35)33-16-18(34)13-22(33)29(17-11-9-8-10-12-17)15-19-21(36-29)14-20(32)24(31)23(19)30-38-27(4,5)28(6,7)39-30/h8-12,14,18,22,34H,13,15-16H2,1-7H3. The first kappa shape index (κ1) is 28.2. The van der Waals surface area contributed by atoms with E-state index in [2.05, 4.69) is 0 Å². The normalized spacial score (nSPS) is 27.4. The molecule has 2 fully saturated rings. The first-order valence-corrected chi connectivity index (χ1v) is 13.7. The van der Waals surface area contributed by atoms with Gasteiger partial charge in [0.2, 0.25) is 0 Å². The minimum Gasteiger partial charge on any atom is -0.480 e. The number of fused-ring (bicyclic) bond motifs is 1. The van der Waals surface area contributed by atoms with Gasteiger partial charge in [-0.2, -0.15) is 0 Å². The largest absolute Gasteiger partial charge is 0.496 e. The van der Waals surface area contributed by atoms with Crippen molar-refractivity contribution in [1.82, 2.24) is 4.90 Å². The van der Waals surface area contributed by atoms with Gasteiger partial charge < -0.3 is 23.9 Å². The average Bonchev–Trinajstić information content (AvgIpc) is 3.46. The van der Waals surface area contributed by atoms with Gasteiger partial charge in [-0.3, -0.25) is 4.90 Å². The first-order valence-electron chi connectivity index (χ1n) is 13.3. The zero-order valence-electron chi connectivity index (χ0n) is 23.5. The molecular weight excluding hydrogens is 524 g/mol. The molecule has 0 saturated carbocycles. The quantitative estimate of drug-likeness (QED) is 0.535. The topological polar surface area (TPSA) is 77.5 Å². The molecule has 3 heterocycles. The Bertz CT molecular complexity index is 1270. The molecule has 7 nitrogen and oxygen atoms in total. The molecule has 3 aliphatic rings. The van der Waals surface area contributed by atoms with Crippen LogP contribution in [0.2, 0.25) is 5.02 Å². The zero-order chi connectivity index (χ0) is 28.5. The molecule has 210 valence electrons. The summed E-state index contributed by atoms with van der Waals surface area (Å²) in [6, 6.07) is 10.2. The Labute approximate surface area is 234 Å².